The zero-order chi connectivity index (χ0) is 22.4. The van der Waals surface area contributed by atoms with E-state index in [0.717, 1.165) is 39.4 Å². The Labute approximate surface area is 181 Å². The van der Waals surface area contributed by atoms with E-state index < -0.39 is 6.10 Å². The fourth-order valence-electron chi connectivity index (χ4n) is 3.84. The van der Waals surface area contributed by atoms with Crippen molar-refractivity contribution in [3.8, 4) is 0 Å². The van der Waals surface area contributed by atoms with Gasteiger partial charge in [-0.15, -0.1) is 0 Å². The number of rotatable bonds is 3. The number of hydrogen-bond acceptors (Lipinski definition) is 4. The first-order chi connectivity index (χ1) is 15.4. The number of aliphatic hydroxyl groups excluding tert-OH is 1. The van der Waals surface area contributed by atoms with Gasteiger partial charge in [-0.2, -0.15) is 0 Å². The van der Waals surface area contributed by atoms with E-state index in [1.54, 1.807) is 14.0 Å². The standard InChI is InChI=1S/C25H24N4O2/c1-14(30)22-10-20-9-18-5-4-16(26-18)8-17-6-7-19(27-17)12-25-23(15(2)31-3)11-21(29-25)13-24(22)28-20/h4-15,27-28,30H,1-3H3/i10D. The van der Waals surface area contributed by atoms with Crippen molar-refractivity contribution in [1.82, 2.24) is 19.9 Å². The second kappa shape index (κ2) is 7.65. The molecule has 0 amide bonds. The highest BCUT2D eigenvalue weighted by Gasteiger charge is 2.17. The van der Waals surface area contributed by atoms with Crippen molar-refractivity contribution < 1.29 is 11.2 Å². The third kappa shape index (κ3) is 3.83. The molecule has 3 N–H and O–H groups in total. The number of methoxy groups -OCH3 is 1. The minimum Gasteiger partial charge on any atom is -0.389 e. The Bertz CT molecular complexity index is 1430. The number of aromatic nitrogens is 4. The van der Waals surface area contributed by atoms with Gasteiger partial charge in [0.05, 0.1) is 36.4 Å². The van der Waals surface area contributed by atoms with Crippen LogP contribution in [0.2, 0.25) is 0 Å². The van der Waals surface area contributed by atoms with Crippen LogP contribution in [0.25, 0.3) is 45.9 Å². The summed E-state index contributed by atoms with van der Waals surface area (Å²) < 4.78 is 14.2. The molecule has 156 valence electrons. The average Bonchev–Trinajstić information content (AvgIpc) is 3.51. The van der Waals surface area contributed by atoms with Gasteiger partial charge in [-0.1, -0.05) is 0 Å². The maximum atomic E-state index is 10.4. The van der Waals surface area contributed by atoms with Gasteiger partial charge in [0.1, 0.15) is 0 Å². The molecule has 0 saturated carbocycles. The van der Waals surface area contributed by atoms with Crippen LogP contribution < -0.4 is 0 Å². The van der Waals surface area contributed by atoms with E-state index in [4.69, 9.17) is 11.1 Å². The Morgan fingerprint density at radius 3 is 2.35 bits per heavy atom. The lowest BCUT2D eigenvalue weighted by Gasteiger charge is -2.09. The first kappa shape index (κ1) is 18.3. The van der Waals surface area contributed by atoms with Crippen molar-refractivity contribution in [2.75, 3.05) is 7.11 Å². The second-order valence-corrected chi connectivity index (χ2v) is 7.81. The number of hydrogen-bond donors (Lipinski definition) is 3. The van der Waals surface area contributed by atoms with Crippen LogP contribution in [-0.2, 0) is 4.74 Å². The van der Waals surface area contributed by atoms with Gasteiger partial charge in [-0.3, -0.25) is 0 Å². The number of aliphatic hydroxyl groups is 1. The fraction of sp³-hybridized carbons (Fsp3) is 0.200. The molecular formula is C25H24N4O2. The molecule has 5 heterocycles. The Balaban J connectivity index is 1.88. The van der Waals surface area contributed by atoms with Gasteiger partial charge in [0, 0.05) is 40.3 Å². The van der Waals surface area contributed by atoms with Gasteiger partial charge in [0.2, 0.25) is 0 Å². The molecule has 0 saturated heterocycles. The SMILES string of the molecule is [2H]c1c(C(C)O)c2cc3nc(cc4ccc(cc5nc(cc1[nH]2)C=C5)[nH]4)C(C(C)OC)=C3. The summed E-state index contributed by atoms with van der Waals surface area (Å²) >= 11 is 0. The predicted molar refractivity (Wildman–Crippen MR) is 125 cm³/mol. The number of H-pyrrole nitrogens is 2. The minimum absolute atomic E-state index is 0.138. The van der Waals surface area contributed by atoms with Crippen LogP contribution in [0.4, 0.5) is 0 Å². The molecule has 0 spiro atoms. The average molecular weight is 413 g/mol. The highest BCUT2D eigenvalue weighted by Crippen LogP contribution is 2.28. The molecular weight excluding hydrogens is 388 g/mol. The summed E-state index contributed by atoms with van der Waals surface area (Å²) in [6, 6.07) is 11.9. The van der Waals surface area contributed by atoms with Crippen LogP contribution in [0.15, 0.2) is 42.4 Å². The van der Waals surface area contributed by atoms with E-state index >= 15 is 0 Å². The molecule has 6 heteroatoms. The Hall–Kier alpha value is -3.48. The maximum absolute atomic E-state index is 10.4. The molecule has 5 rings (SSSR count). The first-order valence-electron chi connectivity index (χ1n) is 10.7. The Morgan fingerprint density at radius 1 is 0.935 bits per heavy atom. The van der Waals surface area contributed by atoms with Gasteiger partial charge < -0.3 is 19.8 Å². The van der Waals surface area contributed by atoms with Gasteiger partial charge in [-0.25, -0.2) is 9.97 Å². The smallest absolute Gasteiger partial charge is 0.0814 e. The van der Waals surface area contributed by atoms with E-state index in [1.807, 2.05) is 61.5 Å². The van der Waals surface area contributed by atoms with Crippen LogP contribution in [0, 0.1) is 0 Å². The van der Waals surface area contributed by atoms with Crippen molar-refractivity contribution in [3.63, 3.8) is 0 Å². The highest BCUT2D eigenvalue weighted by molar-refractivity contribution is 5.87. The molecule has 8 bridgehead atoms. The number of nitrogens with zero attached hydrogens (tertiary/aromatic N) is 2. The summed E-state index contributed by atoms with van der Waals surface area (Å²) in [4.78, 5) is 16.1. The molecule has 0 aliphatic carbocycles. The molecule has 2 atom stereocenters. The lowest BCUT2D eigenvalue weighted by Crippen LogP contribution is -2.06. The number of nitrogens with one attached hydrogen (secondary N) is 2. The monoisotopic (exact) mass is 413 g/mol. The van der Waals surface area contributed by atoms with Gasteiger partial charge in [0.25, 0.3) is 0 Å². The van der Waals surface area contributed by atoms with Crippen LogP contribution in [0.3, 0.4) is 0 Å². The largest absolute Gasteiger partial charge is 0.389 e. The van der Waals surface area contributed by atoms with Crippen LogP contribution in [0.5, 0.6) is 0 Å². The van der Waals surface area contributed by atoms with E-state index in [1.165, 1.54) is 0 Å². The zero-order valence-corrected chi connectivity index (χ0v) is 17.6. The van der Waals surface area contributed by atoms with E-state index in [9.17, 15) is 5.11 Å². The lowest BCUT2D eigenvalue weighted by molar-refractivity contribution is 0.164. The van der Waals surface area contributed by atoms with Crippen LogP contribution in [-0.4, -0.2) is 38.3 Å². The molecule has 0 radical (unpaired) electrons. The van der Waals surface area contributed by atoms with Crippen LogP contribution in [0.1, 0.15) is 49.7 Å². The van der Waals surface area contributed by atoms with Crippen molar-refractivity contribution in [3.05, 3.63) is 70.8 Å². The molecule has 0 aromatic carbocycles. The third-order valence-electron chi connectivity index (χ3n) is 5.48. The molecule has 2 aliphatic heterocycles. The van der Waals surface area contributed by atoms with E-state index in [-0.39, 0.29) is 12.1 Å². The normalized spacial score (nSPS) is 15.5. The Kier molecular flexibility index (Phi) is 4.52. The summed E-state index contributed by atoms with van der Waals surface area (Å²) in [6.07, 6.45) is 4.89. The van der Waals surface area contributed by atoms with Gasteiger partial charge >= 0.3 is 0 Å². The van der Waals surface area contributed by atoms with Crippen molar-refractivity contribution >= 4 is 45.9 Å². The van der Waals surface area contributed by atoms with Crippen LogP contribution >= 0.6 is 0 Å². The van der Waals surface area contributed by atoms with Crippen molar-refractivity contribution in [1.29, 1.82) is 0 Å². The number of ether oxygens (including phenoxy) is 1. The number of fused-ring (bicyclic) bond motifs is 8. The molecule has 2 aliphatic rings. The molecule has 0 fully saturated rings. The quantitative estimate of drug-likeness (QED) is 0.435. The zero-order valence-electron chi connectivity index (χ0n) is 18.6. The molecule has 31 heavy (non-hydrogen) atoms. The highest BCUT2D eigenvalue weighted by atomic mass is 16.5. The maximum Gasteiger partial charge on any atom is 0.0814 e. The van der Waals surface area contributed by atoms with Crippen molar-refractivity contribution in [2.45, 2.75) is 26.1 Å². The van der Waals surface area contributed by atoms with Gasteiger partial charge in [0.15, 0.2) is 0 Å². The Morgan fingerprint density at radius 2 is 1.65 bits per heavy atom. The minimum atomic E-state index is -0.804. The summed E-state index contributed by atoms with van der Waals surface area (Å²) in [6.45, 7) is 3.65. The first-order valence-corrected chi connectivity index (χ1v) is 10.2. The van der Waals surface area contributed by atoms with Gasteiger partial charge in [-0.05, 0) is 74.5 Å². The number of aromatic amines is 2. The lowest BCUT2D eigenvalue weighted by atomic mass is 10.1. The summed E-state index contributed by atoms with van der Waals surface area (Å²) in [5, 5.41) is 10.4. The predicted octanol–water partition coefficient (Wildman–Crippen LogP) is 5.11. The summed E-state index contributed by atoms with van der Waals surface area (Å²) in [5.41, 5.74) is 7.70. The van der Waals surface area contributed by atoms with E-state index in [2.05, 4.69) is 15.0 Å². The molecule has 2 unspecified atom stereocenters. The molecule has 6 nitrogen and oxygen atoms in total. The fourth-order valence-corrected chi connectivity index (χ4v) is 3.84. The van der Waals surface area contributed by atoms with E-state index in [0.29, 0.717) is 16.6 Å². The van der Waals surface area contributed by atoms with Crippen molar-refractivity contribution in [2.24, 2.45) is 0 Å². The summed E-state index contributed by atoms with van der Waals surface area (Å²) in [5.74, 6) is 0. The second-order valence-electron chi connectivity index (χ2n) is 7.81. The summed E-state index contributed by atoms with van der Waals surface area (Å²) in [7, 11) is 1.67. The third-order valence-corrected chi connectivity index (χ3v) is 5.48. The molecule has 3 aromatic rings. The topological polar surface area (TPSA) is 86.8 Å². The molecule has 3 aromatic heterocycles.